The predicted molar refractivity (Wildman–Crippen MR) is 130 cm³/mol. The van der Waals surface area contributed by atoms with Crippen LogP contribution in [0, 0.1) is 5.92 Å². The predicted octanol–water partition coefficient (Wildman–Crippen LogP) is 4.73. The number of thioether (sulfide) groups is 1. The van der Waals surface area contributed by atoms with Crippen molar-refractivity contribution in [2.45, 2.75) is 23.8 Å². The summed E-state index contributed by atoms with van der Waals surface area (Å²) in [7, 11) is 1.83. The number of guanidine groups is 1. The van der Waals surface area contributed by atoms with Crippen LogP contribution in [0.3, 0.4) is 0 Å². The van der Waals surface area contributed by atoms with Crippen molar-refractivity contribution >= 4 is 41.7 Å². The van der Waals surface area contributed by atoms with Gasteiger partial charge in [-0.1, -0.05) is 48.5 Å². The van der Waals surface area contributed by atoms with Crippen molar-refractivity contribution in [2.24, 2.45) is 10.9 Å². The van der Waals surface area contributed by atoms with Crippen LogP contribution in [0.2, 0.25) is 0 Å². The number of rotatable bonds is 7. The standard InChI is InChI=1S/C22H29N3OS.HI/c1-23-22(24-14-16-27-20-12-6-3-7-13-20)25-17-19-11-8-15-26-21(19)18-9-4-2-5-10-18;/h2-7,9-10,12-13,19,21H,8,11,14-17H2,1H3,(H2,23,24,25);1H. The van der Waals surface area contributed by atoms with Gasteiger partial charge in [-0.15, -0.1) is 35.7 Å². The van der Waals surface area contributed by atoms with Crippen LogP contribution in [0.4, 0.5) is 0 Å². The third kappa shape index (κ3) is 7.29. The zero-order valence-electron chi connectivity index (χ0n) is 16.3. The van der Waals surface area contributed by atoms with Crippen molar-refractivity contribution in [3.63, 3.8) is 0 Å². The average molecular weight is 511 g/mol. The van der Waals surface area contributed by atoms with Crippen molar-refractivity contribution in [1.29, 1.82) is 0 Å². The monoisotopic (exact) mass is 511 g/mol. The Hall–Kier alpha value is -1.25. The van der Waals surface area contributed by atoms with E-state index in [2.05, 4.69) is 70.2 Å². The van der Waals surface area contributed by atoms with Gasteiger partial charge in [0.25, 0.3) is 0 Å². The minimum Gasteiger partial charge on any atom is -0.373 e. The molecule has 28 heavy (non-hydrogen) atoms. The van der Waals surface area contributed by atoms with E-state index in [0.29, 0.717) is 5.92 Å². The molecule has 0 spiro atoms. The summed E-state index contributed by atoms with van der Waals surface area (Å²) in [6.07, 6.45) is 2.46. The Morgan fingerprint density at radius 2 is 1.79 bits per heavy atom. The smallest absolute Gasteiger partial charge is 0.191 e. The molecule has 0 bridgehead atoms. The molecule has 0 amide bonds. The highest BCUT2D eigenvalue weighted by Gasteiger charge is 2.27. The van der Waals surface area contributed by atoms with Crippen molar-refractivity contribution in [2.75, 3.05) is 32.5 Å². The zero-order valence-corrected chi connectivity index (χ0v) is 19.5. The van der Waals surface area contributed by atoms with Gasteiger partial charge in [-0.25, -0.2) is 0 Å². The highest BCUT2D eigenvalue weighted by Crippen LogP contribution is 2.33. The lowest BCUT2D eigenvalue weighted by molar-refractivity contribution is -0.0265. The number of hydrogen-bond acceptors (Lipinski definition) is 3. The van der Waals surface area contributed by atoms with E-state index in [0.717, 1.165) is 37.8 Å². The molecule has 2 atom stereocenters. The largest absolute Gasteiger partial charge is 0.373 e. The Morgan fingerprint density at radius 1 is 1.07 bits per heavy atom. The molecule has 1 fully saturated rings. The molecule has 2 N–H and O–H groups in total. The van der Waals surface area contributed by atoms with E-state index < -0.39 is 0 Å². The Morgan fingerprint density at radius 3 is 2.50 bits per heavy atom. The van der Waals surface area contributed by atoms with Crippen LogP contribution in [-0.2, 0) is 4.74 Å². The number of nitrogens with one attached hydrogen (secondary N) is 2. The first-order chi connectivity index (χ1) is 13.4. The fourth-order valence-electron chi connectivity index (χ4n) is 3.37. The number of hydrogen-bond donors (Lipinski definition) is 2. The average Bonchev–Trinajstić information content (AvgIpc) is 2.75. The second-order valence-corrected chi connectivity index (χ2v) is 7.81. The van der Waals surface area contributed by atoms with Gasteiger partial charge in [-0.3, -0.25) is 4.99 Å². The Kier molecular flexibility index (Phi) is 10.7. The van der Waals surface area contributed by atoms with E-state index in [1.807, 2.05) is 24.9 Å². The third-order valence-electron chi connectivity index (χ3n) is 4.73. The van der Waals surface area contributed by atoms with Crippen molar-refractivity contribution in [3.05, 3.63) is 66.2 Å². The number of benzene rings is 2. The first kappa shape index (κ1) is 23.0. The van der Waals surface area contributed by atoms with Crippen molar-refractivity contribution < 1.29 is 4.74 Å². The van der Waals surface area contributed by atoms with Gasteiger partial charge in [0.05, 0.1) is 6.10 Å². The molecule has 2 aromatic rings. The van der Waals surface area contributed by atoms with Crippen LogP contribution in [0.15, 0.2) is 70.6 Å². The molecule has 2 unspecified atom stereocenters. The molecular weight excluding hydrogens is 481 g/mol. The van der Waals surface area contributed by atoms with Crippen molar-refractivity contribution in [3.8, 4) is 0 Å². The van der Waals surface area contributed by atoms with E-state index in [1.165, 1.54) is 16.9 Å². The van der Waals surface area contributed by atoms with Gasteiger partial charge >= 0.3 is 0 Å². The highest BCUT2D eigenvalue weighted by atomic mass is 127. The van der Waals surface area contributed by atoms with Crippen LogP contribution >= 0.6 is 35.7 Å². The summed E-state index contributed by atoms with van der Waals surface area (Å²) >= 11 is 1.85. The zero-order chi connectivity index (χ0) is 18.7. The minimum atomic E-state index is 0. The Balaban J connectivity index is 0.00000280. The molecule has 1 saturated heterocycles. The first-order valence-corrected chi connectivity index (χ1v) is 10.6. The number of nitrogens with zero attached hydrogens (tertiary/aromatic N) is 1. The molecule has 152 valence electrons. The van der Waals surface area contributed by atoms with Gasteiger partial charge in [0.15, 0.2) is 5.96 Å². The molecular formula is C22H30IN3OS. The van der Waals surface area contributed by atoms with Gasteiger partial charge in [-0.2, -0.15) is 0 Å². The first-order valence-electron chi connectivity index (χ1n) is 9.65. The van der Waals surface area contributed by atoms with Gasteiger partial charge < -0.3 is 15.4 Å². The molecule has 1 heterocycles. The van der Waals surface area contributed by atoms with Crippen LogP contribution in [0.5, 0.6) is 0 Å². The van der Waals surface area contributed by atoms with Crippen molar-refractivity contribution in [1.82, 2.24) is 10.6 Å². The number of ether oxygens (including phenoxy) is 1. The van der Waals surface area contributed by atoms with E-state index in [4.69, 9.17) is 4.74 Å². The molecule has 1 aliphatic rings. The lowest BCUT2D eigenvalue weighted by atomic mass is 9.89. The van der Waals surface area contributed by atoms with E-state index in [9.17, 15) is 0 Å². The van der Waals surface area contributed by atoms with Crippen LogP contribution in [-0.4, -0.2) is 38.5 Å². The molecule has 4 nitrogen and oxygen atoms in total. The highest BCUT2D eigenvalue weighted by molar-refractivity contribution is 14.0. The summed E-state index contributed by atoms with van der Waals surface area (Å²) < 4.78 is 6.09. The van der Waals surface area contributed by atoms with Gasteiger partial charge in [-0.05, 0) is 30.5 Å². The molecule has 6 heteroatoms. The maximum Gasteiger partial charge on any atom is 0.191 e. The molecule has 3 rings (SSSR count). The van der Waals surface area contributed by atoms with Gasteiger partial charge in [0.2, 0.25) is 0 Å². The second-order valence-electron chi connectivity index (χ2n) is 6.65. The van der Waals surface area contributed by atoms with Crippen LogP contribution < -0.4 is 10.6 Å². The summed E-state index contributed by atoms with van der Waals surface area (Å²) in [4.78, 5) is 5.66. The summed E-state index contributed by atoms with van der Waals surface area (Å²) in [5, 5.41) is 6.90. The lowest BCUT2D eigenvalue weighted by Gasteiger charge is -2.32. The Bertz CT molecular complexity index is 699. The normalized spacial score (nSPS) is 19.5. The number of aliphatic imine (C=N–C) groups is 1. The van der Waals surface area contributed by atoms with Gasteiger partial charge in [0, 0.05) is 43.3 Å². The fourth-order valence-corrected chi connectivity index (χ4v) is 4.16. The molecule has 1 aliphatic heterocycles. The summed E-state index contributed by atoms with van der Waals surface area (Å²) in [6.45, 7) is 2.59. The van der Waals surface area contributed by atoms with Crippen LogP contribution in [0.1, 0.15) is 24.5 Å². The maximum atomic E-state index is 6.09. The molecule has 0 radical (unpaired) electrons. The van der Waals surface area contributed by atoms with Gasteiger partial charge in [0.1, 0.15) is 0 Å². The number of halogens is 1. The maximum absolute atomic E-state index is 6.09. The van der Waals surface area contributed by atoms with E-state index >= 15 is 0 Å². The van der Waals surface area contributed by atoms with E-state index in [1.54, 1.807) is 0 Å². The molecule has 0 saturated carbocycles. The Labute approximate surface area is 190 Å². The molecule has 0 aromatic heterocycles. The SMILES string of the molecule is CN=C(NCCSc1ccccc1)NCC1CCCOC1c1ccccc1.I. The summed E-state index contributed by atoms with van der Waals surface area (Å²) in [5.74, 6) is 2.32. The fraction of sp³-hybridized carbons (Fsp3) is 0.409. The lowest BCUT2D eigenvalue weighted by Crippen LogP contribution is -2.42. The summed E-state index contributed by atoms with van der Waals surface area (Å²) in [5.41, 5.74) is 1.27. The second kappa shape index (κ2) is 13.1. The third-order valence-corrected chi connectivity index (χ3v) is 5.75. The quantitative estimate of drug-likeness (QED) is 0.186. The topological polar surface area (TPSA) is 45.7 Å². The molecule has 0 aliphatic carbocycles. The summed E-state index contributed by atoms with van der Waals surface area (Å²) in [6, 6.07) is 21.0. The molecule has 2 aromatic carbocycles. The minimum absolute atomic E-state index is 0. The van der Waals surface area contributed by atoms with Crippen LogP contribution in [0.25, 0.3) is 0 Å². The van der Waals surface area contributed by atoms with E-state index in [-0.39, 0.29) is 30.1 Å².